The Kier molecular flexibility index (Phi) is 10.00. The number of nitrogens with two attached hydrogens (primary N) is 1. The largest absolute Gasteiger partial charge is 0.434 e. The predicted molar refractivity (Wildman–Crippen MR) is 69.7 cm³/mol. The Labute approximate surface area is 121 Å². The Morgan fingerprint density at radius 3 is 2.00 bits per heavy atom. The van der Waals surface area contributed by atoms with E-state index in [-0.39, 0.29) is 6.42 Å². The van der Waals surface area contributed by atoms with E-state index in [0.717, 1.165) is 0 Å². The topological polar surface area (TPSA) is 80.4 Å². The van der Waals surface area contributed by atoms with E-state index in [1.165, 1.54) is 0 Å². The summed E-state index contributed by atoms with van der Waals surface area (Å²) >= 11 is 0. The molecule has 128 valence electrons. The van der Waals surface area contributed by atoms with Crippen molar-refractivity contribution in [1.82, 2.24) is 0 Å². The van der Waals surface area contributed by atoms with E-state index in [0.29, 0.717) is 19.4 Å². The summed E-state index contributed by atoms with van der Waals surface area (Å²) in [5.41, 5.74) is 4.91. The second-order valence-corrected chi connectivity index (χ2v) is 5.57. The Morgan fingerprint density at radius 1 is 1.29 bits per heavy atom. The van der Waals surface area contributed by atoms with Crippen LogP contribution in [0.25, 0.3) is 0 Å². The standard InChI is InChI=1S/C8H13F5O3S.C3H7N/c1-2-3-4-5-6(9)7(10,11)8(12,13)17(14,15)16;1-2-3-4/h6H,2-5H2,1H3,(H,14,15,16);2H,1,3-4H2. The molecule has 0 spiro atoms. The van der Waals surface area contributed by atoms with E-state index in [4.69, 9.17) is 10.3 Å². The Bertz CT molecular complexity index is 401. The maximum Gasteiger partial charge on any atom is 0.434 e. The first-order valence-electron chi connectivity index (χ1n) is 6.07. The van der Waals surface area contributed by atoms with E-state index in [2.05, 4.69) is 6.58 Å². The molecule has 1 unspecified atom stereocenters. The molecule has 3 N–H and O–H groups in total. The fourth-order valence-corrected chi connectivity index (χ4v) is 1.58. The first-order valence-corrected chi connectivity index (χ1v) is 7.51. The number of unbranched alkanes of at least 4 members (excludes halogenated alkanes) is 2. The molecular formula is C11H20F5NO3S. The van der Waals surface area contributed by atoms with Crippen LogP contribution < -0.4 is 5.73 Å². The van der Waals surface area contributed by atoms with Crippen molar-refractivity contribution >= 4 is 10.1 Å². The highest BCUT2D eigenvalue weighted by molar-refractivity contribution is 7.87. The molecular weight excluding hydrogens is 321 g/mol. The molecule has 0 aromatic rings. The van der Waals surface area contributed by atoms with Gasteiger partial charge in [0, 0.05) is 6.54 Å². The second-order valence-electron chi connectivity index (χ2n) is 4.10. The molecule has 0 saturated heterocycles. The fourth-order valence-electron chi connectivity index (χ4n) is 1.11. The maximum atomic E-state index is 12.9. The van der Waals surface area contributed by atoms with Gasteiger partial charge in [0.15, 0.2) is 6.17 Å². The van der Waals surface area contributed by atoms with Crippen molar-refractivity contribution in [3.63, 3.8) is 0 Å². The van der Waals surface area contributed by atoms with Gasteiger partial charge in [0.1, 0.15) is 0 Å². The van der Waals surface area contributed by atoms with Crippen molar-refractivity contribution in [1.29, 1.82) is 0 Å². The lowest BCUT2D eigenvalue weighted by atomic mass is 10.1. The van der Waals surface area contributed by atoms with Crippen molar-refractivity contribution in [3.8, 4) is 0 Å². The van der Waals surface area contributed by atoms with Crippen LogP contribution in [0.1, 0.15) is 32.6 Å². The van der Waals surface area contributed by atoms with Crippen LogP contribution in [0.2, 0.25) is 0 Å². The molecule has 21 heavy (non-hydrogen) atoms. The molecule has 0 rings (SSSR count). The molecule has 0 amide bonds. The summed E-state index contributed by atoms with van der Waals surface area (Å²) in [4.78, 5) is 0. The van der Waals surface area contributed by atoms with Gasteiger partial charge in [-0.15, -0.1) is 6.58 Å². The van der Waals surface area contributed by atoms with Crippen molar-refractivity contribution in [3.05, 3.63) is 12.7 Å². The summed E-state index contributed by atoms with van der Waals surface area (Å²) in [6.07, 6.45) is -1.73. The Hall–Kier alpha value is -0.740. The van der Waals surface area contributed by atoms with Crippen LogP contribution in [0.15, 0.2) is 12.7 Å². The molecule has 0 bridgehead atoms. The second kappa shape index (κ2) is 9.31. The van der Waals surface area contributed by atoms with Gasteiger partial charge in [0.05, 0.1) is 0 Å². The summed E-state index contributed by atoms with van der Waals surface area (Å²) in [6.45, 7) is 5.63. The van der Waals surface area contributed by atoms with E-state index < -0.39 is 33.9 Å². The molecule has 0 aliphatic rings. The lowest BCUT2D eigenvalue weighted by Crippen LogP contribution is -2.52. The van der Waals surface area contributed by atoms with E-state index in [1.807, 2.05) is 0 Å². The van der Waals surface area contributed by atoms with Crippen molar-refractivity contribution in [2.45, 2.75) is 50.0 Å². The van der Waals surface area contributed by atoms with Gasteiger partial charge in [-0.1, -0.05) is 32.3 Å². The van der Waals surface area contributed by atoms with Crippen molar-refractivity contribution in [2.75, 3.05) is 6.54 Å². The molecule has 0 saturated carbocycles. The van der Waals surface area contributed by atoms with Gasteiger partial charge < -0.3 is 5.73 Å². The molecule has 0 aromatic carbocycles. The third-order valence-corrected chi connectivity index (χ3v) is 3.25. The maximum absolute atomic E-state index is 12.9. The average molecular weight is 341 g/mol. The molecule has 4 nitrogen and oxygen atoms in total. The van der Waals surface area contributed by atoms with E-state index in [9.17, 15) is 30.4 Å². The first kappa shape index (κ1) is 22.5. The molecule has 0 heterocycles. The third kappa shape index (κ3) is 6.70. The van der Waals surface area contributed by atoms with Crippen LogP contribution in [-0.4, -0.2) is 36.9 Å². The SMILES string of the molecule is C=CCN.CCCCCC(F)C(F)(F)C(F)(F)S(=O)(=O)O. The summed E-state index contributed by atoms with van der Waals surface area (Å²) in [6, 6.07) is 0. The zero-order valence-corrected chi connectivity index (χ0v) is 12.4. The van der Waals surface area contributed by atoms with Crippen LogP contribution in [-0.2, 0) is 10.1 Å². The van der Waals surface area contributed by atoms with Crippen LogP contribution in [0.4, 0.5) is 22.0 Å². The number of rotatable bonds is 8. The number of alkyl halides is 5. The lowest BCUT2D eigenvalue weighted by Gasteiger charge is -2.26. The minimum atomic E-state index is -6.36. The smallest absolute Gasteiger partial charge is 0.327 e. The fraction of sp³-hybridized carbons (Fsp3) is 0.818. The highest BCUT2D eigenvalue weighted by Gasteiger charge is 2.69. The molecule has 1 atom stereocenters. The number of halogens is 5. The number of hydrogen-bond donors (Lipinski definition) is 2. The van der Waals surface area contributed by atoms with Crippen LogP contribution in [0.3, 0.4) is 0 Å². The molecule has 0 radical (unpaired) electrons. The van der Waals surface area contributed by atoms with E-state index in [1.54, 1.807) is 13.0 Å². The highest BCUT2D eigenvalue weighted by Crippen LogP contribution is 2.43. The van der Waals surface area contributed by atoms with Crippen LogP contribution in [0.5, 0.6) is 0 Å². The van der Waals surface area contributed by atoms with Gasteiger partial charge in [0.25, 0.3) is 0 Å². The molecule has 0 aliphatic carbocycles. The minimum absolute atomic E-state index is 0.0746. The van der Waals surface area contributed by atoms with Gasteiger partial charge in [-0.2, -0.15) is 26.0 Å². The van der Waals surface area contributed by atoms with Crippen molar-refractivity contribution in [2.24, 2.45) is 5.73 Å². The van der Waals surface area contributed by atoms with Gasteiger partial charge in [0.2, 0.25) is 0 Å². The number of hydrogen-bond acceptors (Lipinski definition) is 3. The van der Waals surface area contributed by atoms with Gasteiger partial charge in [-0.05, 0) is 6.42 Å². The molecule has 0 aliphatic heterocycles. The van der Waals surface area contributed by atoms with Gasteiger partial charge >= 0.3 is 21.3 Å². The normalized spacial score (nSPS) is 14.1. The van der Waals surface area contributed by atoms with Crippen LogP contribution in [0, 0.1) is 0 Å². The third-order valence-electron chi connectivity index (χ3n) is 2.33. The summed E-state index contributed by atoms with van der Waals surface area (Å²) in [5.74, 6) is -5.45. The quantitative estimate of drug-likeness (QED) is 0.308. The van der Waals surface area contributed by atoms with Crippen LogP contribution >= 0.6 is 0 Å². The van der Waals surface area contributed by atoms with Gasteiger partial charge in [-0.25, -0.2) is 4.39 Å². The van der Waals surface area contributed by atoms with E-state index >= 15 is 0 Å². The zero-order valence-electron chi connectivity index (χ0n) is 11.5. The van der Waals surface area contributed by atoms with Crippen molar-refractivity contribution < 1.29 is 34.9 Å². The summed E-state index contributed by atoms with van der Waals surface area (Å²) in [7, 11) is -6.36. The lowest BCUT2D eigenvalue weighted by molar-refractivity contribution is -0.198. The Balaban J connectivity index is 0. The van der Waals surface area contributed by atoms with Gasteiger partial charge in [-0.3, -0.25) is 4.55 Å². The highest BCUT2D eigenvalue weighted by atomic mass is 32.2. The molecule has 0 aromatic heterocycles. The summed E-state index contributed by atoms with van der Waals surface area (Å²) < 4.78 is 92.1. The predicted octanol–water partition coefficient (Wildman–Crippen LogP) is 3.15. The monoisotopic (exact) mass is 341 g/mol. The Morgan fingerprint density at radius 2 is 1.71 bits per heavy atom. The minimum Gasteiger partial charge on any atom is -0.327 e. The zero-order chi connectivity index (χ0) is 17.3. The molecule has 0 fully saturated rings. The summed E-state index contributed by atoms with van der Waals surface area (Å²) in [5, 5.41) is -5.83. The molecule has 10 heteroatoms. The first-order chi connectivity index (χ1) is 9.40. The average Bonchev–Trinajstić information content (AvgIpc) is 2.37.